The van der Waals surface area contributed by atoms with E-state index in [1.165, 1.54) is 18.7 Å². The average molecular weight is 421 g/mol. The summed E-state index contributed by atoms with van der Waals surface area (Å²) in [6, 6.07) is 8.18. The molecule has 0 aliphatic carbocycles. The van der Waals surface area contributed by atoms with Gasteiger partial charge < -0.3 is 20.2 Å². The summed E-state index contributed by atoms with van der Waals surface area (Å²) in [6.07, 6.45) is 3.94. The minimum absolute atomic E-state index is 0.0160. The van der Waals surface area contributed by atoms with Crippen molar-refractivity contribution in [2.24, 2.45) is 0 Å². The van der Waals surface area contributed by atoms with Crippen LogP contribution in [0.3, 0.4) is 0 Å². The van der Waals surface area contributed by atoms with Crippen molar-refractivity contribution in [2.75, 3.05) is 11.9 Å². The second kappa shape index (κ2) is 8.73. The molecule has 1 atom stereocenters. The van der Waals surface area contributed by atoms with Crippen molar-refractivity contribution in [1.29, 1.82) is 0 Å². The standard InChI is InChI=1S/C18H14Cl2N4O4/c19-11-6-21-7-12(20)15(11)16(25)23-13(17(26)27)8-22-18-24-14(9-28-18)10-4-2-1-3-5-10/h1-7,9,13H,8H2,(H,22,24)(H,23,25)(H,26,27)/t13-/m0/s1. The first-order chi connectivity index (χ1) is 13.5. The van der Waals surface area contributed by atoms with Gasteiger partial charge in [0.25, 0.3) is 11.9 Å². The molecular weight excluding hydrogens is 407 g/mol. The lowest BCUT2D eigenvalue weighted by molar-refractivity contribution is -0.138. The summed E-state index contributed by atoms with van der Waals surface area (Å²) in [5, 5.41) is 14.5. The molecule has 0 bridgehead atoms. The number of hydrogen-bond donors (Lipinski definition) is 3. The second-order valence-electron chi connectivity index (χ2n) is 5.63. The lowest BCUT2D eigenvalue weighted by Crippen LogP contribution is -2.45. The average Bonchev–Trinajstić information content (AvgIpc) is 3.14. The Morgan fingerprint density at radius 2 is 1.82 bits per heavy atom. The minimum atomic E-state index is -1.28. The SMILES string of the molecule is O=C(N[C@@H](CNc1nc(-c2ccccc2)co1)C(=O)O)c1c(Cl)cncc1Cl. The molecular formula is C18H14Cl2N4O4. The molecule has 0 spiro atoms. The third-order valence-corrected chi connectivity index (χ3v) is 4.29. The molecule has 3 rings (SSSR count). The maximum Gasteiger partial charge on any atom is 0.328 e. The molecule has 1 aromatic carbocycles. The monoisotopic (exact) mass is 420 g/mol. The lowest BCUT2D eigenvalue weighted by Gasteiger charge is -2.15. The van der Waals surface area contributed by atoms with Crippen molar-refractivity contribution in [3.8, 4) is 11.3 Å². The van der Waals surface area contributed by atoms with Gasteiger partial charge in [0.2, 0.25) is 0 Å². The molecule has 0 fully saturated rings. The van der Waals surface area contributed by atoms with E-state index < -0.39 is 17.9 Å². The largest absolute Gasteiger partial charge is 0.480 e. The Morgan fingerprint density at radius 3 is 2.46 bits per heavy atom. The molecule has 3 N–H and O–H groups in total. The van der Waals surface area contributed by atoms with Crippen LogP contribution >= 0.6 is 23.2 Å². The molecule has 0 saturated heterocycles. The van der Waals surface area contributed by atoms with E-state index in [-0.39, 0.29) is 28.2 Å². The van der Waals surface area contributed by atoms with Crippen LogP contribution in [-0.4, -0.2) is 39.5 Å². The topological polar surface area (TPSA) is 117 Å². The van der Waals surface area contributed by atoms with Crippen molar-refractivity contribution >= 4 is 41.1 Å². The van der Waals surface area contributed by atoms with E-state index >= 15 is 0 Å². The van der Waals surface area contributed by atoms with E-state index in [0.29, 0.717) is 5.69 Å². The molecule has 3 aromatic rings. The van der Waals surface area contributed by atoms with E-state index in [2.05, 4.69) is 20.6 Å². The number of amides is 1. The number of pyridine rings is 1. The van der Waals surface area contributed by atoms with Crippen LogP contribution in [-0.2, 0) is 4.79 Å². The van der Waals surface area contributed by atoms with Crippen LogP contribution in [0.4, 0.5) is 6.01 Å². The molecule has 0 aliphatic rings. The van der Waals surface area contributed by atoms with Crippen molar-refractivity contribution in [3.05, 3.63) is 64.6 Å². The number of anilines is 1. The highest BCUT2D eigenvalue weighted by Gasteiger charge is 2.24. The fourth-order valence-corrected chi connectivity index (χ4v) is 2.88. The zero-order valence-corrected chi connectivity index (χ0v) is 15.7. The van der Waals surface area contributed by atoms with Gasteiger partial charge in [0.1, 0.15) is 18.0 Å². The van der Waals surface area contributed by atoms with Gasteiger partial charge in [-0.25, -0.2) is 4.79 Å². The van der Waals surface area contributed by atoms with Gasteiger partial charge in [0.15, 0.2) is 0 Å². The Balaban J connectivity index is 1.67. The van der Waals surface area contributed by atoms with Crippen molar-refractivity contribution in [2.45, 2.75) is 6.04 Å². The minimum Gasteiger partial charge on any atom is -0.480 e. The van der Waals surface area contributed by atoms with Gasteiger partial charge in [0, 0.05) is 18.0 Å². The number of carbonyl (C=O) groups excluding carboxylic acids is 1. The number of carboxylic acids is 1. The molecule has 0 saturated carbocycles. The Bertz CT molecular complexity index is 974. The zero-order valence-electron chi connectivity index (χ0n) is 14.2. The lowest BCUT2D eigenvalue weighted by atomic mass is 10.2. The van der Waals surface area contributed by atoms with E-state index in [0.717, 1.165) is 5.56 Å². The maximum atomic E-state index is 12.4. The Hall–Kier alpha value is -3.10. The number of aromatic nitrogens is 2. The highest BCUT2D eigenvalue weighted by Crippen LogP contribution is 2.23. The normalized spacial score (nSPS) is 11.6. The van der Waals surface area contributed by atoms with E-state index in [1.54, 1.807) is 0 Å². The van der Waals surface area contributed by atoms with Crippen LogP contribution in [0.15, 0.2) is 53.4 Å². The summed E-state index contributed by atoms with van der Waals surface area (Å²) in [4.78, 5) is 31.9. The number of nitrogens with zero attached hydrogens (tertiary/aromatic N) is 2. The van der Waals surface area contributed by atoms with Crippen molar-refractivity contribution in [1.82, 2.24) is 15.3 Å². The van der Waals surface area contributed by atoms with Crippen LogP contribution in [0.5, 0.6) is 0 Å². The van der Waals surface area contributed by atoms with Crippen molar-refractivity contribution < 1.29 is 19.1 Å². The number of aliphatic carboxylic acids is 1. The molecule has 0 radical (unpaired) electrons. The summed E-state index contributed by atoms with van der Waals surface area (Å²) in [5.41, 5.74) is 1.39. The number of hydrogen-bond acceptors (Lipinski definition) is 6. The molecule has 2 aromatic heterocycles. The number of carbonyl (C=O) groups is 2. The van der Waals surface area contributed by atoms with E-state index in [1.807, 2.05) is 30.3 Å². The Kier molecular flexibility index (Phi) is 6.13. The summed E-state index contributed by atoms with van der Waals surface area (Å²) < 4.78 is 5.30. The molecule has 1 amide bonds. The summed E-state index contributed by atoms with van der Waals surface area (Å²) >= 11 is 11.9. The first-order valence-corrected chi connectivity index (χ1v) is 8.79. The molecule has 0 unspecified atom stereocenters. The van der Waals surface area contributed by atoms with E-state index in [9.17, 15) is 14.7 Å². The van der Waals surface area contributed by atoms with Crippen LogP contribution in [0.1, 0.15) is 10.4 Å². The van der Waals surface area contributed by atoms with Gasteiger partial charge in [-0.2, -0.15) is 4.98 Å². The van der Waals surface area contributed by atoms with Gasteiger partial charge in [-0.3, -0.25) is 9.78 Å². The molecule has 10 heteroatoms. The Labute approximate surface area is 169 Å². The van der Waals surface area contributed by atoms with Gasteiger partial charge >= 0.3 is 5.97 Å². The number of halogens is 2. The van der Waals surface area contributed by atoms with Crippen LogP contribution in [0.2, 0.25) is 10.0 Å². The third-order valence-electron chi connectivity index (χ3n) is 3.72. The number of nitrogens with one attached hydrogen (secondary N) is 2. The summed E-state index contributed by atoms with van der Waals surface area (Å²) in [5.74, 6) is -1.99. The number of oxazole rings is 1. The zero-order chi connectivity index (χ0) is 20.1. The number of rotatable bonds is 7. The van der Waals surface area contributed by atoms with Gasteiger partial charge in [0.05, 0.1) is 22.2 Å². The summed E-state index contributed by atoms with van der Waals surface area (Å²) in [6.45, 7) is -0.170. The number of benzene rings is 1. The van der Waals surface area contributed by atoms with E-state index in [4.69, 9.17) is 27.6 Å². The van der Waals surface area contributed by atoms with Crippen LogP contribution in [0.25, 0.3) is 11.3 Å². The Morgan fingerprint density at radius 1 is 1.14 bits per heavy atom. The molecule has 144 valence electrons. The van der Waals surface area contributed by atoms with Gasteiger partial charge in [-0.15, -0.1) is 0 Å². The van der Waals surface area contributed by atoms with Gasteiger partial charge in [-0.1, -0.05) is 53.5 Å². The third kappa shape index (κ3) is 4.59. The first kappa shape index (κ1) is 19.7. The quantitative estimate of drug-likeness (QED) is 0.536. The molecule has 8 nitrogen and oxygen atoms in total. The predicted molar refractivity (Wildman–Crippen MR) is 104 cm³/mol. The molecule has 0 aliphatic heterocycles. The number of carboxylic acid groups (broad SMARTS) is 1. The van der Waals surface area contributed by atoms with Crippen LogP contribution in [0, 0.1) is 0 Å². The molecule has 2 heterocycles. The fourth-order valence-electron chi connectivity index (χ4n) is 2.34. The van der Waals surface area contributed by atoms with Crippen LogP contribution < -0.4 is 10.6 Å². The predicted octanol–water partition coefficient (Wildman–Crippen LogP) is 3.34. The maximum absolute atomic E-state index is 12.4. The highest BCUT2D eigenvalue weighted by atomic mass is 35.5. The fraction of sp³-hybridized carbons (Fsp3) is 0.111. The highest BCUT2D eigenvalue weighted by molar-refractivity contribution is 6.39. The second-order valence-corrected chi connectivity index (χ2v) is 6.44. The van der Waals surface area contributed by atoms with Crippen molar-refractivity contribution in [3.63, 3.8) is 0 Å². The smallest absolute Gasteiger partial charge is 0.328 e. The first-order valence-electron chi connectivity index (χ1n) is 8.03. The van der Waals surface area contributed by atoms with Gasteiger partial charge in [-0.05, 0) is 0 Å². The molecule has 28 heavy (non-hydrogen) atoms. The summed E-state index contributed by atoms with van der Waals surface area (Å²) in [7, 11) is 0.